The molecule has 0 aliphatic heterocycles. The van der Waals surface area contributed by atoms with Gasteiger partial charge >= 0.3 is 0 Å². The molecule has 2 aromatic rings. The van der Waals surface area contributed by atoms with Crippen molar-refractivity contribution in [1.82, 2.24) is 0 Å². The first-order chi connectivity index (χ1) is 10.1. The Morgan fingerprint density at radius 1 is 1.24 bits per heavy atom. The van der Waals surface area contributed by atoms with Crippen molar-refractivity contribution in [3.63, 3.8) is 0 Å². The number of nitrogens with one attached hydrogen (secondary N) is 1. The zero-order valence-electron chi connectivity index (χ0n) is 11.6. The molecule has 5 heteroatoms. The number of hydrogen-bond donors (Lipinski definition) is 2. The molecule has 0 radical (unpaired) electrons. The van der Waals surface area contributed by atoms with Crippen LogP contribution in [0.4, 0.5) is 10.1 Å². The van der Waals surface area contributed by atoms with Crippen molar-refractivity contribution in [2.45, 2.75) is 12.5 Å². The summed E-state index contributed by atoms with van der Waals surface area (Å²) in [4.78, 5) is 0. The van der Waals surface area contributed by atoms with Gasteiger partial charge < -0.3 is 15.2 Å². The molecule has 0 aromatic heterocycles. The fraction of sp³-hybridized carbons (Fsp3) is 0.250. The molecule has 0 spiro atoms. The summed E-state index contributed by atoms with van der Waals surface area (Å²) in [6.07, 6.45) is -0.162. The summed E-state index contributed by atoms with van der Waals surface area (Å²) in [7, 11) is 1.59. The molecule has 0 aliphatic rings. The molecule has 2 N–H and O–H groups in total. The van der Waals surface area contributed by atoms with E-state index in [1.165, 1.54) is 12.1 Å². The van der Waals surface area contributed by atoms with Crippen molar-refractivity contribution in [2.24, 2.45) is 0 Å². The van der Waals surface area contributed by atoms with Crippen molar-refractivity contribution in [3.05, 3.63) is 58.9 Å². The van der Waals surface area contributed by atoms with Gasteiger partial charge in [0, 0.05) is 11.6 Å². The van der Waals surface area contributed by atoms with Crippen molar-refractivity contribution >= 4 is 17.3 Å². The van der Waals surface area contributed by atoms with Crippen LogP contribution in [0.1, 0.15) is 18.1 Å². The van der Waals surface area contributed by atoms with E-state index >= 15 is 0 Å². The van der Waals surface area contributed by atoms with Gasteiger partial charge in [-0.15, -0.1) is 0 Å². The summed E-state index contributed by atoms with van der Waals surface area (Å²) in [5, 5.41) is 13.8. The number of aliphatic hydroxyl groups is 1. The van der Waals surface area contributed by atoms with E-state index < -0.39 is 6.10 Å². The van der Waals surface area contributed by atoms with Crippen LogP contribution < -0.4 is 10.1 Å². The average Bonchev–Trinajstić information content (AvgIpc) is 2.48. The quantitative estimate of drug-likeness (QED) is 0.846. The molecule has 1 atom stereocenters. The lowest BCUT2D eigenvalue weighted by Crippen LogP contribution is -2.08. The topological polar surface area (TPSA) is 41.5 Å². The standard InChI is InChI=1S/C16H17ClFNO2/c1-21-16-7-4-12(17)10-14(16)19-9-8-15(20)11-2-5-13(18)6-3-11/h2-7,10,15,19-20H,8-9H2,1H3/t15-/m1/s1. The molecule has 3 nitrogen and oxygen atoms in total. The van der Waals surface area contributed by atoms with E-state index in [1.807, 2.05) is 0 Å². The zero-order valence-corrected chi connectivity index (χ0v) is 12.4. The normalized spacial score (nSPS) is 12.0. The number of halogens is 2. The highest BCUT2D eigenvalue weighted by molar-refractivity contribution is 6.30. The Morgan fingerprint density at radius 3 is 2.62 bits per heavy atom. The van der Waals surface area contributed by atoms with Crippen LogP contribution in [0.2, 0.25) is 5.02 Å². The summed E-state index contributed by atoms with van der Waals surface area (Å²) in [5.74, 6) is 0.378. The fourth-order valence-corrected chi connectivity index (χ4v) is 2.19. The van der Waals surface area contributed by atoms with Crippen LogP contribution in [0.3, 0.4) is 0 Å². The minimum Gasteiger partial charge on any atom is -0.495 e. The van der Waals surface area contributed by atoms with Gasteiger partial charge in [0.05, 0.1) is 18.9 Å². The molecule has 0 fully saturated rings. The first-order valence-corrected chi connectivity index (χ1v) is 6.99. The third-order valence-electron chi connectivity index (χ3n) is 3.15. The van der Waals surface area contributed by atoms with Crippen molar-refractivity contribution in [2.75, 3.05) is 19.0 Å². The maximum absolute atomic E-state index is 12.8. The Morgan fingerprint density at radius 2 is 1.95 bits per heavy atom. The maximum atomic E-state index is 12.8. The number of anilines is 1. The minimum absolute atomic E-state index is 0.312. The predicted octanol–water partition coefficient (Wildman–Crippen LogP) is 4.02. The van der Waals surface area contributed by atoms with Crippen LogP contribution in [0.5, 0.6) is 5.75 Å². The number of methoxy groups -OCH3 is 1. The Balaban J connectivity index is 1.92. The fourth-order valence-electron chi connectivity index (χ4n) is 2.01. The number of hydrogen-bond acceptors (Lipinski definition) is 3. The maximum Gasteiger partial charge on any atom is 0.142 e. The van der Waals surface area contributed by atoms with Crippen LogP contribution in [-0.4, -0.2) is 18.8 Å². The second-order valence-electron chi connectivity index (χ2n) is 4.63. The number of ether oxygens (including phenoxy) is 1. The van der Waals surface area contributed by atoms with E-state index in [1.54, 1.807) is 37.4 Å². The van der Waals surface area contributed by atoms with Crippen LogP contribution in [0, 0.1) is 5.82 Å². The zero-order chi connectivity index (χ0) is 15.2. The monoisotopic (exact) mass is 309 g/mol. The molecule has 21 heavy (non-hydrogen) atoms. The molecule has 2 aromatic carbocycles. The van der Waals surface area contributed by atoms with Crippen molar-refractivity contribution in [3.8, 4) is 5.75 Å². The summed E-state index contributed by atoms with van der Waals surface area (Å²) in [5.41, 5.74) is 1.47. The molecular weight excluding hydrogens is 293 g/mol. The van der Waals surface area contributed by atoms with Gasteiger partial charge in [-0.3, -0.25) is 0 Å². The van der Waals surface area contributed by atoms with E-state index in [9.17, 15) is 9.50 Å². The van der Waals surface area contributed by atoms with Gasteiger partial charge in [0.2, 0.25) is 0 Å². The first-order valence-electron chi connectivity index (χ1n) is 6.61. The molecule has 0 saturated heterocycles. The van der Waals surface area contributed by atoms with Crippen molar-refractivity contribution in [1.29, 1.82) is 0 Å². The highest BCUT2D eigenvalue weighted by Gasteiger charge is 2.08. The van der Waals surface area contributed by atoms with E-state index in [0.29, 0.717) is 29.3 Å². The highest BCUT2D eigenvalue weighted by atomic mass is 35.5. The number of benzene rings is 2. The molecule has 112 valence electrons. The Hall–Kier alpha value is -1.78. The number of aliphatic hydroxyl groups excluding tert-OH is 1. The minimum atomic E-state index is -0.650. The van der Waals surface area contributed by atoms with E-state index in [2.05, 4.69) is 5.32 Å². The second kappa shape index (κ2) is 7.29. The third-order valence-corrected chi connectivity index (χ3v) is 3.38. The summed E-state index contributed by atoms with van der Waals surface area (Å²) < 4.78 is 18.1. The number of rotatable bonds is 6. The lowest BCUT2D eigenvalue weighted by molar-refractivity contribution is 0.171. The SMILES string of the molecule is COc1ccc(Cl)cc1NCC[C@@H](O)c1ccc(F)cc1. The van der Waals surface area contributed by atoms with Crippen LogP contribution >= 0.6 is 11.6 Å². The summed E-state index contributed by atoms with van der Waals surface area (Å²) in [6.45, 7) is 0.537. The lowest BCUT2D eigenvalue weighted by atomic mass is 10.1. The van der Waals surface area contributed by atoms with Gasteiger partial charge in [-0.2, -0.15) is 0 Å². The molecule has 2 rings (SSSR count). The van der Waals surface area contributed by atoms with E-state index in [4.69, 9.17) is 16.3 Å². The largest absolute Gasteiger partial charge is 0.495 e. The molecule has 0 bridgehead atoms. The average molecular weight is 310 g/mol. The lowest BCUT2D eigenvalue weighted by Gasteiger charge is -2.14. The summed E-state index contributed by atoms with van der Waals surface area (Å²) in [6, 6.07) is 11.1. The van der Waals surface area contributed by atoms with Crippen LogP contribution in [0.15, 0.2) is 42.5 Å². The molecule has 0 heterocycles. The molecule has 0 amide bonds. The third kappa shape index (κ3) is 4.34. The highest BCUT2D eigenvalue weighted by Crippen LogP contribution is 2.28. The van der Waals surface area contributed by atoms with E-state index in [0.717, 1.165) is 5.69 Å². The molecular formula is C16H17ClFNO2. The van der Waals surface area contributed by atoms with Gasteiger partial charge in [0.25, 0.3) is 0 Å². The molecule has 0 saturated carbocycles. The molecule has 0 unspecified atom stereocenters. The second-order valence-corrected chi connectivity index (χ2v) is 5.06. The van der Waals surface area contributed by atoms with Gasteiger partial charge in [0.1, 0.15) is 11.6 Å². The van der Waals surface area contributed by atoms with Crippen molar-refractivity contribution < 1.29 is 14.2 Å². The Labute approximate surface area is 128 Å². The van der Waals surface area contributed by atoms with E-state index in [-0.39, 0.29) is 5.82 Å². The van der Waals surface area contributed by atoms with Gasteiger partial charge in [-0.25, -0.2) is 4.39 Å². The van der Waals surface area contributed by atoms with Gasteiger partial charge in [-0.05, 0) is 42.3 Å². The van der Waals surface area contributed by atoms with Gasteiger partial charge in [-0.1, -0.05) is 23.7 Å². The predicted molar refractivity (Wildman–Crippen MR) is 82.5 cm³/mol. The Kier molecular flexibility index (Phi) is 5.42. The summed E-state index contributed by atoms with van der Waals surface area (Å²) >= 11 is 5.95. The van der Waals surface area contributed by atoms with Gasteiger partial charge in [0.15, 0.2) is 0 Å². The van der Waals surface area contributed by atoms with Crippen LogP contribution in [-0.2, 0) is 0 Å². The molecule has 0 aliphatic carbocycles. The smallest absolute Gasteiger partial charge is 0.142 e. The Bertz CT molecular complexity index is 589. The first kappa shape index (κ1) is 15.6. The van der Waals surface area contributed by atoms with Crippen LogP contribution in [0.25, 0.3) is 0 Å².